The Morgan fingerprint density at radius 1 is 1.13 bits per heavy atom. The highest BCUT2D eigenvalue weighted by molar-refractivity contribution is 6.05. The van der Waals surface area contributed by atoms with Crippen LogP contribution in [-0.2, 0) is 6.54 Å². The minimum Gasteiger partial charge on any atom is -0.497 e. The van der Waals surface area contributed by atoms with Crippen molar-refractivity contribution in [1.82, 2.24) is 21.5 Å². The average Bonchev–Trinajstić information content (AvgIpc) is 3.22. The van der Waals surface area contributed by atoms with Crippen molar-refractivity contribution in [3.05, 3.63) is 65.7 Å². The van der Waals surface area contributed by atoms with Gasteiger partial charge in [-0.2, -0.15) is 13.2 Å². The van der Waals surface area contributed by atoms with Gasteiger partial charge in [0.25, 0.3) is 5.91 Å². The van der Waals surface area contributed by atoms with E-state index in [1.807, 2.05) is 12.1 Å². The molecule has 0 aromatic heterocycles. The number of carbonyl (C=O) groups is 1. The third kappa shape index (κ3) is 5.94. The van der Waals surface area contributed by atoms with Gasteiger partial charge in [-0.3, -0.25) is 10.1 Å². The van der Waals surface area contributed by atoms with E-state index >= 15 is 0 Å². The number of guanidine groups is 1. The fourth-order valence-corrected chi connectivity index (χ4v) is 2.82. The van der Waals surface area contributed by atoms with Crippen molar-refractivity contribution < 1.29 is 22.7 Å². The third-order valence-corrected chi connectivity index (χ3v) is 4.46. The maximum Gasteiger partial charge on any atom is 0.405 e. The Morgan fingerprint density at radius 2 is 1.83 bits per heavy atom. The van der Waals surface area contributed by atoms with Gasteiger partial charge in [0.1, 0.15) is 11.8 Å². The summed E-state index contributed by atoms with van der Waals surface area (Å²) in [6, 6.07) is 14.0. The predicted octanol–water partition coefficient (Wildman–Crippen LogP) is 2.33. The van der Waals surface area contributed by atoms with Crippen LogP contribution in [0.2, 0.25) is 0 Å². The predicted molar refractivity (Wildman–Crippen MR) is 106 cm³/mol. The quantitative estimate of drug-likeness (QED) is 0.440. The van der Waals surface area contributed by atoms with Gasteiger partial charge in [-0.05, 0) is 29.8 Å². The monoisotopic (exact) mass is 421 g/mol. The number of hydrazine groups is 1. The lowest BCUT2D eigenvalue weighted by molar-refractivity contribution is -0.153. The van der Waals surface area contributed by atoms with Gasteiger partial charge < -0.3 is 10.1 Å². The van der Waals surface area contributed by atoms with Crippen LogP contribution >= 0.6 is 0 Å². The van der Waals surface area contributed by atoms with Crippen LogP contribution < -0.4 is 26.2 Å². The summed E-state index contributed by atoms with van der Waals surface area (Å²) < 4.78 is 43.8. The summed E-state index contributed by atoms with van der Waals surface area (Å²) >= 11 is 0. The summed E-state index contributed by atoms with van der Waals surface area (Å²) in [6.07, 6.45) is -5.40. The summed E-state index contributed by atoms with van der Waals surface area (Å²) in [5.41, 5.74) is 5.99. The fraction of sp³-hybridized carbons (Fsp3) is 0.300. The molecule has 1 aliphatic heterocycles. The molecule has 1 amide bonds. The van der Waals surface area contributed by atoms with E-state index in [-0.39, 0.29) is 18.9 Å². The van der Waals surface area contributed by atoms with E-state index in [4.69, 9.17) is 4.74 Å². The van der Waals surface area contributed by atoms with Crippen LogP contribution in [0.3, 0.4) is 0 Å². The molecule has 1 heterocycles. The number of ether oxygens (including phenoxy) is 1. The topological polar surface area (TPSA) is 86.8 Å². The van der Waals surface area contributed by atoms with Crippen molar-refractivity contribution in [2.45, 2.75) is 31.3 Å². The number of amides is 1. The highest BCUT2D eigenvalue weighted by Crippen LogP contribution is 2.25. The fourth-order valence-electron chi connectivity index (χ4n) is 2.82. The lowest BCUT2D eigenvalue weighted by atomic mass is 10.2. The van der Waals surface area contributed by atoms with Crippen molar-refractivity contribution in [2.24, 2.45) is 4.99 Å². The number of hydrogen-bond acceptors (Lipinski definition) is 5. The van der Waals surface area contributed by atoms with Crippen LogP contribution in [0.5, 0.6) is 5.75 Å². The molecule has 0 radical (unpaired) electrons. The van der Waals surface area contributed by atoms with Gasteiger partial charge in [0, 0.05) is 12.0 Å². The molecule has 0 aliphatic carbocycles. The van der Waals surface area contributed by atoms with Gasteiger partial charge in [-0.15, -0.1) is 0 Å². The molecule has 30 heavy (non-hydrogen) atoms. The van der Waals surface area contributed by atoms with Crippen LogP contribution in [0.4, 0.5) is 13.2 Å². The number of nitrogens with one attached hydrogen (secondary N) is 4. The van der Waals surface area contributed by atoms with Crippen LogP contribution in [0.1, 0.15) is 22.3 Å². The molecule has 160 valence electrons. The molecule has 1 saturated heterocycles. The van der Waals surface area contributed by atoms with Crippen molar-refractivity contribution >= 4 is 11.9 Å². The first-order chi connectivity index (χ1) is 14.3. The van der Waals surface area contributed by atoms with Crippen molar-refractivity contribution in [3.63, 3.8) is 0 Å². The number of rotatable bonds is 5. The summed E-state index contributed by atoms with van der Waals surface area (Å²) in [6.45, 7) is 0.213. The average molecular weight is 421 g/mol. The van der Waals surface area contributed by atoms with Gasteiger partial charge in [0.15, 0.2) is 5.96 Å². The standard InChI is InChI=1S/C20H22F3N5O2/c1-30-15-9-7-13(8-10-15)12-24-19(26-18(29)14-5-3-2-4-6-14)25-17-11-16(27-28-17)20(21,22)23/h2-10,16-17,27-28H,11-12H2,1H3,(H2,24,25,26,29). The largest absolute Gasteiger partial charge is 0.497 e. The molecule has 1 aliphatic rings. The second-order valence-electron chi connectivity index (χ2n) is 6.65. The number of nitrogens with zero attached hydrogens (tertiary/aromatic N) is 1. The minimum absolute atomic E-state index is 0.0711. The highest BCUT2D eigenvalue weighted by atomic mass is 19.4. The maximum absolute atomic E-state index is 12.9. The number of hydrogen-bond donors (Lipinski definition) is 4. The van der Waals surface area contributed by atoms with Crippen molar-refractivity contribution in [3.8, 4) is 5.75 Å². The second-order valence-corrected chi connectivity index (χ2v) is 6.65. The summed E-state index contributed by atoms with van der Waals surface area (Å²) in [4.78, 5) is 16.8. The van der Waals surface area contributed by atoms with Gasteiger partial charge >= 0.3 is 6.18 Å². The Labute approximate surface area is 171 Å². The van der Waals surface area contributed by atoms with E-state index in [1.165, 1.54) is 0 Å². The molecule has 0 bridgehead atoms. The van der Waals surface area contributed by atoms with E-state index in [2.05, 4.69) is 26.5 Å². The molecule has 1 fully saturated rings. The zero-order valence-corrected chi connectivity index (χ0v) is 16.2. The number of methoxy groups -OCH3 is 1. The molecule has 0 spiro atoms. The zero-order chi connectivity index (χ0) is 21.6. The lowest BCUT2D eigenvalue weighted by Gasteiger charge is -2.17. The van der Waals surface area contributed by atoms with E-state index in [1.54, 1.807) is 49.6 Å². The van der Waals surface area contributed by atoms with Crippen molar-refractivity contribution in [1.29, 1.82) is 0 Å². The third-order valence-electron chi connectivity index (χ3n) is 4.46. The molecule has 2 atom stereocenters. The molecule has 7 nitrogen and oxygen atoms in total. The summed E-state index contributed by atoms with van der Waals surface area (Å²) in [7, 11) is 1.56. The zero-order valence-electron chi connectivity index (χ0n) is 16.2. The molecule has 10 heteroatoms. The SMILES string of the molecule is COc1ccc(CN=C(NC(=O)c2ccccc2)NC2CC(C(F)(F)F)NN2)cc1. The smallest absolute Gasteiger partial charge is 0.405 e. The molecule has 4 N–H and O–H groups in total. The van der Waals surface area contributed by atoms with E-state index in [9.17, 15) is 18.0 Å². The summed E-state index contributed by atoms with van der Waals surface area (Å²) in [5, 5.41) is 5.46. The van der Waals surface area contributed by atoms with Crippen molar-refractivity contribution in [2.75, 3.05) is 7.11 Å². The van der Waals surface area contributed by atoms with Gasteiger partial charge in [0.2, 0.25) is 0 Å². The number of halogens is 3. The van der Waals surface area contributed by atoms with Crippen LogP contribution in [0.25, 0.3) is 0 Å². The minimum atomic E-state index is -4.38. The Balaban J connectivity index is 1.71. The first-order valence-corrected chi connectivity index (χ1v) is 9.23. The first-order valence-electron chi connectivity index (χ1n) is 9.23. The molecule has 0 saturated carbocycles. The molecule has 3 rings (SSSR count). The highest BCUT2D eigenvalue weighted by Gasteiger charge is 2.44. The van der Waals surface area contributed by atoms with Gasteiger partial charge in [0.05, 0.1) is 19.8 Å². The van der Waals surface area contributed by atoms with Gasteiger partial charge in [-0.1, -0.05) is 30.3 Å². The van der Waals surface area contributed by atoms with E-state index < -0.39 is 24.3 Å². The van der Waals surface area contributed by atoms with Crippen LogP contribution in [0, 0.1) is 0 Å². The molecule has 2 unspecified atom stereocenters. The van der Waals surface area contributed by atoms with Crippen LogP contribution in [-0.4, -0.2) is 37.4 Å². The number of alkyl halides is 3. The normalized spacial score (nSPS) is 19.4. The maximum atomic E-state index is 12.9. The molecular weight excluding hydrogens is 399 g/mol. The first kappa shape index (κ1) is 21.6. The van der Waals surface area contributed by atoms with E-state index in [0.717, 1.165) is 5.56 Å². The van der Waals surface area contributed by atoms with E-state index in [0.29, 0.717) is 11.3 Å². The molecule has 2 aromatic rings. The number of benzene rings is 2. The Hall–Kier alpha value is -3.11. The number of carbonyl (C=O) groups excluding carboxylic acids is 1. The van der Waals surface area contributed by atoms with Crippen LogP contribution in [0.15, 0.2) is 59.6 Å². The van der Waals surface area contributed by atoms with Gasteiger partial charge in [-0.25, -0.2) is 15.8 Å². The Bertz CT molecular complexity index is 872. The Morgan fingerprint density at radius 3 is 2.43 bits per heavy atom. The Kier molecular flexibility index (Phi) is 6.91. The lowest BCUT2D eigenvalue weighted by Crippen LogP contribution is -2.50. The summed E-state index contributed by atoms with van der Waals surface area (Å²) in [5.74, 6) is 0.342. The second kappa shape index (κ2) is 9.59. The molecular formula is C20H22F3N5O2. The molecule has 2 aromatic carbocycles. The number of aliphatic imine (C=N–C) groups is 1.